The maximum absolute atomic E-state index is 13.8. The Hall–Kier alpha value is -3.75. The van der Waals surface area contributed by atoms with Gasteiger partial charge < -0.3 is 16.0 Å². The van der Waals surface area contributed by atoms with Gasteiger partial charge in [-0.1, -0.05) is 18.2 Å². The number of nitrogens with two attached hydrogens (primary N) is 1. The van der Waals surface area contributed by atoms with E-state index in [1.807, 2.05) is 6.20 Å². The van der Waals surface area contributed by atoms with Crippen molar-refractivity contribution in [2.75, 3.05) is 18.8 Å². The summed E-state index contributed by atoms with van der Waals surface area (Å²) in [4.78, 5) is 31.1. The molecule has 1 fully saturated rings. The topological polar surface area (TPSA) is 106 Å². The molecule has 1 aromatic carbocycles. The first kappa shape index (κ1) is 20.5. The highest BCUT2D eigenvalue weighted by atomic mass is 19.1. The number of hydrogen-bond donors (Lipinski definition) is 2. The average Bonchev–Trinajstić information content (AvgIpc) is 3.39. The summed E-state index contributed by atoms with van der Waals surface area (Å²) in [5.74, 6) is -0.766. The van der Waals surface area contributed by atoms with Crippen LogP contribution in [0.5, 0.6) is 0 Å². The van der Waals surface area contributed by atoms with Crippen molar-refractivity contribution in [2.45, 2.75) is 18.9 Å². The molecule has 0 aliphatic carbocycles. The molecule has 0 unspecified atom stereocenters. The van der Waals surface area contributed by atoms with Crippen molar-refractivity contribution in [3.8, 4) is 11.1 Å². The second kappa shape index (κ2) is 8.55. The van der Waals surface area contributed by atoms with Crippen LogP contribution >= 0.6 is 0 Å². The van der Waals surface area contributed by atoms with Gasteiger partial charge in [0.25, 0.3) is 5.91 Å². The zero-order valence-electron chi connectivity index (χ0n) is 17.1. The van der Waals surface area contributed by atoms with Crippen LogP contribution in [-0.2, 0) is 18.3 Å². The van der Waals surface area contributed by atoms with Crippen LogP contribution in [0.1, 0.15) is 22.3 Å². The molecule has 8 nitrogen and oxygen atoms in total. The van der Waals surface area contributed by atoms with Crippen LogP contribution in [0.2, 0.25) is 0 Å². The molecule has 0 saturated carbocycles. The highest BCUT2D eigenvalue weighted by Gasteiger charge is 2.28. The predicted molar refractivity (Wildman–Crippen MR) is 113 cm³/mol. The molecule has 0 bridgehead atoms. The quantitative estimate of drug-likeness (QED) is 0.652. The molecule has 0 radical (unpaired) electrons. The third-order valence-electron chi connectivity index (χ3n) is 5.38. The number of hydrogen-bond acceptors (Lipinski definition) is 5. The number of pyridine rings is 1. The van der Waals surface area contributed by atoms with Crippen molar-refractivity contribution in [2.24, 2.45) is 7.05 Å². The molecule has 9 heteroatoms. The van der Waals surface area contributed by atoms with E-state index in [-0.39, 0.29) is 35.7 Å². The minimum atomic E-state index is -0.392. The average molecular weight is 422 g/mol. The number of amides is 2. The van der Waals surface area contributed by atoms with Crippen molar-refractivity contribution in [1.29, 1.82) is 0 Å². The molecule has 2 amide bonds. The molecule has 1 saturated heterocycles. The van der Waals surface area contributed by atoms with Gasteiger partial charge in [-0.25, -0.2) is 9.37 Å². The fourth-order valence-corrected chi connectivity index (χ4v) is 3.67. The van der Waals surface area contributed by atoms with Crippen LogP contribution in [0.25, 0.3) is 11.1 Å². The third-order valence-corrected chi connectivity index (χ3v) is 5.38. The van der Waals surface area contributed by atoms with Gasteiger partial charge in [0.1, 0.15) is 11.6 Å². The van der Waals surface area contributed by atoms with Crippen LogP contribution in [0, 0.1) is 5.82 Å². The Morgan fingerprint density at radius 3 is 2.81 bits per heavy atom. The number of rotatable bonds is 5. The summed E-state index contributed by atoms with van der Waals surface area (Å²) in [6, 6.07) is 7.72. The van der Waals surface area contributed by atoms with Crippen molar-refractivity contribution < 1.29 is 14.0 Å². The number of likely N-dealkylation sites (tertiary alicyclic amines) is 1. The normalized spacial score (nSPS) is 15.8. The number of aromatic nitrogens is 3. The Bertz CT molecular complexity index is 1130. The molecule has 1 aliphatic rings. The van der Waals surface area contributed by atoms with Crippen molar-refractivity contribution in [3.05, 3.63) is 65.9 Å². The number of nitrogens with zero attached hydrogens (tertiary/aromatic N) is 4. The molecule has 1 aliphatic heterocycles. The van der Waals surface area contributed by atoms with Gasteiger partial charge in [0.15, 0.2) is 0 Å². The Morgan fingerprint density at radius 1 is 1.26 bits per heavy atom. The van der Waals surface area contributed by atoms with E-state index in [4.69, 9.17) is 5.73 Å². The fourth-order valence-electron chi connectivity index (χ4n) is 3.67. The second-order valence-corrected chi connectivity index (χ2v) is 7.63. The third kappa shape index (κ3) is 4.55. The first-order valence-electron chi connectivity index (χ1n) is 9.97. The zero-order chi connectivity index (χ0) is 22.0. The highest BCUT2D eigenvalue weighted by molar-refractivity contribution is 5.99. The summed E-state index contributed by atoms with van der Waals surface area (Å²) in [6.45, 7) is 0.871. The van der Waals surface area contributed by atoms with Crippen LogP contribution in [-0.4, -0.2) is 50.6 Å². The van der Waals surface area contributed by atoms with Gasteiger partial charge in [-0.15, -0.1) is 0 Å². The van der Waals surface area contributed by atoms with E-state index < -0.39 is 5.82 Å². The summed E-state index contributed by atoms with van der Waals surface area (Å²) in [5, 5.41) is 7.06. The van der Waals surface area contributed by atoms with Gasteiger partial charge in [-0.3, -0.25) is 14.3 Å². The first-order valence-corrected chi connectivity index (χ1v) is 9.97. The Kier molecular flexibility index (Phi) is 5.66. The van der Waals surface area contributed by atoms with E-state index in [1.165, 1.54) is 6.07 Å². The molecule has 31 heavy (non-hydrogen) atoms. The highest BCUT2D eigenvalue weighted by Crippen LogP contribution is 2.22. The van der Waals surface area contributed by atoms with E-state index in [0.29, 0.717) is 25.1 Å². The number of aryl methyl sites for hydroxylation is 1. The molecular weight excluding hydrogens is 399 g/mol. The van der Waals surface area contributed by atoms with E-state index in [1.54, 1.807) is 53.3 Å². The molecule has 1 atom stereocenters. The van der Waals surface area contributed by atoms with Gasteiger partial charge in [0, 0.05) is 49.7 Å². The van der Waals surface area contributed by atoms with Crippen molar-refractivity contribution in [1.82, 2.24) is 25.0 Å². The molecule has 160 valence electrons. The summed E-state index contributed by atoms with van der Waals surface area (Å²) < 4.78 is 15.5. The van der Waals surface area contributed by atoms with Gasteiger partial charge in [-0.05, 0) is 24.1 Å². The van der Waals surface area contributed by atoms with Gasteiger partial charge in [0.2, 0.25) is 5.91 Å². The van der Waals surface area contributed by atoms with E-state index in [2.05, 4.69) is 15.4 Å². The Labute approximate surface area is 178 Å². The van der Waals surface area contributed by atoms with Crippen molar-refractivity contribution in [3.63, 3.8) is 0 Å². The minimum absolute atomic E-state index is 0.00261. The summed E-state index contributed by atoms with van der Waals surface area (Å²) in [7, 11) is 1.81. The lowest BCUT2D eigenvalue weighted by molar-refractivity contribution is -0.129. The molecule has 4 rings (SSSR count). The molecule has 2 aromatic heterocycles. The van der Waals surface area contributed by atoms with Crippen molar-refractivity contribution >= 4 is 17.6 Å². The maximum atomic E-state index is 13.8. The van der Waals surface area contributed by atoms with E-state index in [0.717, 1.165) is 11.1 Å². The molecular formula is C22H23FN6O2. The predicted octanol–water partition coefficient (Wildman–Crippen LogP) is 1.78. The lowest BCUT2D eigenvalue weighted by Gasteiger charge is -2.18. The number of anilines is 1. The summed E-state index contributed by atoms with van der Waals surface area (Å²) >= 11 is 0. The maximum Gasteiger partial charge on any atom is 0.255 e. The van der Waals surface area contributed by atoms with Crippen LogP contribution < -0.4 is 11.1 Å². The van der Waals surface area contributed by atoms with Gasteiger partial charge in [-0.2, -0.15) is 5.10 Å². The Morgan fingerprint density at radius 2 is 2.06 bits per heavy atom. The number of halogens is 1. The minimum Gasteiger partial charge on any atom is -0.383 e. The van der Waals surface area contributed by atoms with Gasteiger partial charge >= 0.3 is 0 Å². The smallest absolute Gasteiger partial charge is 0.255 e. The summed E-state index contributed by atoms with van der Waals surface area (Å²) in [6.07, 6.45) is 5.72. The monoisotopic (exact) mass is 422 g/mol. The van der Waals surface area contributed by atoms with Crippen LogP contribution in [0.4, 0.5) is 10.2 Å². The first-order chi connectivity index (χ1) is 14.9. The van der Waals surface area contributed by atoms with Crippen LogP contribution in [0.15, 0.2) is 48.9 Å². The lowest BCUT2D eigenvalue weighted by Crippen LogP contribution is -2.39. The number of carbonyl (C=O) groups is 2. The second-order valence-electron chi connectivity index (χ2n) is 7.63. The molecule has 3 aromatic rings. The zero-order valence-corrected chi connectivity index (χ0v) is 17.1. The molecule has 3 N–H and O–H groups in total. The number of nitrogen functional groups attached to an aromatic ring is 1. The number of carbonyl (C=O) groups excluding carboxylic acids is 2. The summed E-state index contributed by atoms with van der Waals surface area (Å²) in [5.41, 5.74) is 8.14. The lowest BCUT2D eigenvalue weighted by atomic mass is 10.1. The SMILES string of the molecule is Cn1cc(-c2cnc(N)c(C(=O)N[C@@H]3CCN(C(=O)Cc4ccccc4F)C3)c2)cn1. The standard InChI is InChI=1S/C22H23FN6O2/c1-28-12-16(11-26-28)15-8-18(21(24)25-10-15)22(31)27-17-6-7-29(13-17)20(30)9-14-4-2-3-5-19(14)23/h2-5,8,10-12,17H,6-7,9,13H2,1H3,(H2,24,25)(H,27,31)/t17-/m1/s1. The van der Waals surface area contributed by atoms with E-state index in [9.17, 15) is 14.0 Å². The number of nitrogens with one attached hydrogen (secondary N) is 1. The molecule has 3 heterocycles. The molecule has 0 spiro atoms. The van der Waals surface area contributed by atoms with Crippen LogP contribution in [0.3, 0.4) is 0 Å². The largest absolute Gasteiger partial charge is 0.383 e. The van der Waals surface area contributed by atoms with Gasteiger partial charge in [0.05, 0.1) is 18.2 Å². The fraction of sp³-hybridized carbons (Fsp3) is 0.273. The number of benzene rings is 1. The Balaban J connectivity index is 1.39. The van der Waals surface area contributed by atoms with E-state index >= 15 is 0 Å².